The molecule has 0 aliphatic heterocycles. The molecule has 2 heterocycles. The summed E-state index contributed by atoms with van der Waals surface area (Å²) in [5.74, 6) is -0.553. The lowest BCUT2D eigenvalue weighted by Crippen LogP contribution is -2.24. The highest BCUT2D eigenvalue weighted by atomic mass is 16.5. The number of amides is 2. The minimum absolute atomic E-state index is 0.0616. The fraction of sp³-hybridized carbons (Fsp3) is 0.385. The highest BCUT2D eigenvalue weighted by Crippen LogP contribution is 2.13. The van der Waals surface area contributed by atoms with Crippen molar-refractivity contribution in [1.29, 1.82) is 0 Å². The summed E-state index contributed by atoms with van der Waals surface area (Å²) in [6.07, 6.45) is 0. The van der Waals surface area contributed by atoms with Crippen LogP contribution in [0.4, 0.5) is 0 Å². The van der Waals surface area contributed by atoms with Crippen LogP contribution in [0.5, 0.6) is 0 Å². The molecule has 0 saturated carbocycles. The maximum Gasteiger partial charge on any atom is 0.292 e. The minimum atomic E-state index is -0.439. The van der Waals surface area contributed by atoms with Gasteiger partial charge in [-0.3, -0.25) is 9.59 Å². The molecule has 0 aliphatic rings. The molecule has 0 spiro atoms. The summed E-state index contributed by atoms with van der Waals surface area (Å²) in [6.45, 7) is 3.87. The van der Waals surface area contributed by atoms with E-state index >= 15 is 0 Å². The molecule has 0 bridgehead atoms. The van der Waals surface area contributed by atoms with Crippen molar-refractivity contribution in [3.8, 4) is 0 Å². The summed E-state index contributed by atoms with van der Waals surface area (Å²) in [7, 11) is 3.37. The number of nitrogens with one attached hydrogen (secondary N) is 2. The zero-order valence-electron chi connectivity index (χ0n) is 12.4. The van der Waals surface area contributed by atoms with Gasteiger partial charge in [-0.05, 0) is 19.9 Å². The molecule has 21 heavy (non-hydrogen) atoms. The first-order valence-corrected chi connectivity index (χ1v) is 6.39. The Morgan fingerprint density at radius 2 is 2.05 bits per heavy atom. The molecule has 8 heteroatoms. The van der Waals surface area contributed by atoms with Crippen molar-refractivity contribution in [1.82, 2.24) is 25.3 Å². The summed E-state index contributed by atoms with van der Waals surface area (Å²) in [5, 5.41) is 8.59. The Labute approximate surface area is 121 Å². The first kappa shape index (κ1) is 14.8. The van der Waals surface area contributed by atoms with Crippen molar-refractivity contribution >= 4 is 11.8 Å². The fourth-order valence-corrected chi connectivity index (χ4v) is 1.87. The third-order valence-electron chi connectivity index (χ3n) is 3.32. The van der Waals surface area contributed by atoms with Gasteiger partial charge >= 0.3 is 0 Å². The van der Waals surface area contributed by atoms with Crippen molar-refractivity contribution in [3.63, 3.8) is 0 Å². The number of aromatic nitrogens is 3. The van der Waals surface area contributed by atoms with Gasteiger partial charge in [0, 0.05) is 25.5 Å². The van der Waals surface area contributed by atoms with Crippen molar-refractivity contribution in [2.24, 2.45) is 7.05 Å². The van der Waals surface area contributed by atoms with E-state index in [1.54, 1.807) is 0 Å². The van der Waals surface area contributed by atoms with Crippen molar-refractivity contribution in [2.45, 2.75) is 20.4 Å². The van der Waals surface area contributed by atoms with E-state index in [-0.39, 0.29) is 24.2 Å². The molecule has 2 N–H and O–H groups in total. The summed E-state index contributed by atoms with van der Waals surface area (Å²) in [4.78, 5) is 27.3. The Morgan fingerprint density at radius 3 is 2.62 bits per heavy atom. The zero-order valence-corrected chi connectivity index (χ0v) is 12.4. The Bertz CT molecular complexity index is 686. The molecular formula is C13H17N5O3. The van der Waals surface area contributed by atoms with E-state index in [0.29, 0.717) is 5.56 Å². The topological polar surface area (TPSA) is 102 Å². The molecule has 0 aromatic carbocycles. The smallest absolute Gasteiger partial charge is 0.292 e. The number of carbonyl (C=O) groups excluding carboxylic acids is 2. The first-order chi connectivity index (χ1) is 9.93. The van der Waals surface area contributed by atoms with Crippen LogP contribution in [0, 0.1) is 13.8 Å². The van der Waals surface area contributed by atoms with E-state index in [4.69, 9.17) is 4.52 Å². The summed E-state index contributed by atoms with van der Waals surface area (Å²) in [5.41, 5.74) is 2.47. The summed E-state index contributed by atoms with van der Waals surface area (Å²) in [6, 6.07) is 1.81. The number of aryl methyl sites for hydroxylation is 1. The van der Waals surface area contributed by atoms with Gasteiger partial charge in [-0.1, -0.05) is 5.16 Å². The highest BCUT2D eigenvalue weighted by molar-refractivity contribution is 5.95. The van der Waals surface area contributed by atoms with E-state index in [1.165, 1.54) is 7.05 Å². The van der Waals surface area contributed by atoms with Gasteiger partial charge in [0.1, 0.15) is 0 Å². The van der Waals surface area contributed by atoms with Crippen LogP contribution >= 0.6 is 0 Å². The van der Waals surface area contributed by atoms with Crippen molar-refractivity contribution in [3.05, 3.63) is 34.7 Å². The standard InChI is InChI=1S/C13H17N5O3/c1-7-5-9(8(2)18(7)4)12(19)15-6-10-16-11(17-21-10)13(20)14-3/h5H,6H2,1-4H3,(H,14,20)(H,15,19). The predicted octanol–water partition coefficient (Wildman–Crippen LogP) is 0.315. The lowest BCUT2D eigenvalue weighted by molar-refractivity contribution is 0.0938. The van der Waals surface area contributed by atoms with E-state index in [1.807, 2.05) is 31.5 Å². The molecule has 8 nitrogen and oxygen atoms in total. The van der Waals surface area contributed by atoms with Gasteiger partial charge in [-0.15, -0.1) is 0 Å². The lowest BCUT2D eigenvalue weighted by Gasteiger charge is -2.03. The van der Waals surface area contributed by atoms with Crippen LogP contribution in [0.15, 0.2) is 10.6 Å². The fourth-order valence-electron chi connectivity index (χ4n) is 1.87. The number of rotatable bonds is 4. The van der Waals surface area contributed by atoms with Crippen LogP contribution in [0.1, 0.15) is 38.3 Å². The summed E-state index contributed by atoms with van der Waals surface area (Å²) >= 11 is 0. The highest BCUT2D eigenvalue weighted by Gasteiger charge is 2.16. The second-order valence-electron chi connectivity index (χ2n) is 4.62. The Hall–Kier alpha value is -2.64. The molecule has 2 rings (SSSR count). The molecule has 0 aliphatic carbocycles. The number of hydrogen-bond donors (Lipinski definition) is 2. The second-order valence-corrected chi connectivity index (χ2v) is 4.62. The number of carbonyl (C=O) groups is 2. The van der Waals surface area contributed by atoms with Crippen molar-refractivity contribution < 1.29 is 14.1 Å². The number of hydrogen-bond acceptors (Lipinski definition) is 5. The van der Waals surface area contributed by atoms with E-state index in [9.17, 15) is 9.59 Å². The molecule has 0 saturated heterocycles. The molecule has 0 fully saturated rings. The van der Waals surface area contributed by atoms with E-state index in [0.717, 1.165) is 11.4 Å². The predicted molar refractivity (Wildman–Crippen MR) is 73.7 cm³/mol. The van der Waals surface area contributed by atoms with Gasteiger partial charge < -0.3 is 19.7 Å². The average molecular weight is 291 g/mol. The average Bonchev–Trinajstić information content (AvgIpc) is 3.05. The molecule has 0 atom stereocenters. The van der Waals surface area contributed by atoms with Gasteiger partial charge in [0.2, 0.25) is 5.89 Å². The van der Waals surface area contributed by atoms with Gasteiger partial charge in [0.15, 0.2) is 0 Å². The van der Waals surface area contributed by atoms with E-state index < -0.39 is 5.91 Å². The Balaban J connectivity index is 2.02. The van der Waals surface area contributed by atoms with Crippen LogP contribution in [-0.2, 0) is 13.6 Å². The third-order valence-corrected chi connectivity index (χ3v) is 3.32. The SMILES string of the molecule is CNC(=O)c1noc(CNC(=O)c2cc(C)n(C)c2C)n1. The molecule has 2 aromatic heterocycles. The van der Waals surface area contributed by atoms with Gasteiger partial charge in [-0.2, -0.15) is 4.98 Å². The van der Waals surface area contributed by atoms with Crippen molar-refractivity contribution in [2.75, 3.05) is 7.05 Å². The first-order valence-electron chi connectivity index (χ1n) is 6.39. The van der Waals surface area contributed by atoms with Crippen LogP contribution in [0.3, 0.4) is 0 Å². The molecular weight excluding hydrogens is 274 g/mol. The maximum absolute atomic E-state index is 12.1. The molecule has 0 radical (unpaired) electrons. The van der Waals surface area contributed by atoms with Crippen LogP contribution < -0.4 is 10.6 Å². The Kier molecular flexibility index (Phi) is 4.06. The van der Waals surface area contributed by atoms with Crippen LogP contribution in [0.2, 0.25) is 0 Å². The lowest BCUT2D eigenvalue weighted by atomic mass is 10.2. The molecule has 2 amide bonds. The Morgan fingerprint density at radius 1 is 1.33 bits per heavy atom. The van der Waals surface area contributed by atoms with Gasteiger partial charge in [-0.25, -0.2) is 0 Å². The van der Waals surface area contributed by atoms with E-state index in [2.05, 4.69) is 20.8 Å². The second kappa shape index (κ2) is 5.78. The number of nitrogens with zero attached hydrogens (tertiary/aromatic N) is 3. The molecule has 0 unspecified atom stereocenters. The largest absolute Gasteiger partial charge is 0.352 e. The van der Waals surface area contributed by atoms with Gasteiger partial charge in [0.05, 0.1) is 12.1 Å². The summed E-state index contributed by atoms with van der Waals surface area (Å²) < 4.78 is 6.83. The molecule has 112 valence electrons. The van der Waals surface area contributed by atoms with Gasteiger partial charge in [0.25, 0.3) is 17.6 Å². The third kappa shape index (κ3) is 2.93. The molecule has 2 aromatic rings. The van der Waals surface area contributed by atoms with Crippen LogP contribution in [-0.4, -0.2) is 33.6 Å². The maximum atomic E-state index is 12.1. The monoisotopic (exact) mass is 291 g/mol. The quantitative estimate of drug-likeness (QED) is 0.844. The zero-order chi connectivity index (χ0) is 15.6. The van der Waals surface area contributed by atoms with Crippen LogP contribution in [0.25, 0.3) is 0 Å². The minimum Gasteiger partial charge on any atom is -0.352 e. The normalized spacial score (nSPS) is 10.5.